The first-order valence-electron chi connectivity index (χ1n) is 11.7. The third-order valence-corrected chi connectivity index (χ3v) is 7.12. The highest BCUT2D eigenvalue weighted by Gasteiger charge is 2.49. The van der Waals surface area contributed by atoms with Crippen molar-refractivity contribution in [2.75, 3.05) is 13.1 Å². The Morgan fingerprint density at radius 3 is 2.51 bits per heavy atom. The van der Waals surface area contributed by atoms with Crippen molar-refractivity contribution in [3.8, 4) is 11.5 Å². The number of rotatable bonds is 5. The lowest BCUT2D eigenvalue weighted by Crippen LogP contribution is -2.67. The SMILES string of the molecule is C=CC(=O)N1CCCC(N2C=C(c3ccc(Oc4ccc(Cl)cc4)cc3)C3C(N)NNC(=O)C32)C1. The van der Waals surface area contributed by atoms with Gasteiger partial charge in [-0.05, 0) is 66.5 Å². The lowest BCUT2D eigenvalue weighted by Gasteiger charge is -2.43. The van der Waals surface area contributed by atoms with E-state index in [1.54, 1.807) is 17.0 Å². The van der Waals surface area contributed by atoms with Gasteiger partial charge in [0.15, 0.2) is 0 Å². The van der Waals surface area contributed by atoms with E-state index in [2.05, 4.69) is 22.3 Å². The largest absolute Gasteiger partial charge is 0.457 e. The number of hydrogen-bond acceptors (Lipinski definition) is 6. The maximum Gasteiger partial charge on any atom is 0.257 e. The molecule has 0 aliphatic carbocycles. The van der Waals surface area contributed by atoms with Gasteiger partial charge in [-0.1, -0.05) is 30.3 Å². The molecule has 3 aliphatic rings. The van der Waals surface area contributed by atoms with E-state index < -0.39 is 12.2 Å². The summed E-state index contributed by atoms with van der Waals surface area (Å²) in [6.07, 6.45) is 4.69. The van der Waals surface area contributed by atoms with Crippen LogP contribution in [0, 0.1) is 5.92 Å². The van der Waals surface area contributed by atoms with Crippen molar-refractivity contribution in [1.82, 2.24) is 20.7 Å². The van der Waals surface area contributed by atoms with Crippen LogP contribution in [0.25, 0.3) is 5.57 Å². The number of fused-ring (bicyclic) bond motifs is 1. The van der Waals surface area contributed by atoms with Crippen LogP contribution in [-0.4, -0.2) is 53.0 Å². The summed E-state index contributed by atoms with van der Waals surface area (Å²) >= 11 is 5.95. The fourth-order valence-corrected chi connectivity index (χ4v) is 5.30. The third-order valence-electron chi connectivity index (χ3n) is 6.87. The summed E-state index contributed by atoms with van der Waals surface area (Å²) in [6, 6.07) is 14.5. The summed E-state index contributed by atoms with van der Waals surface area (Å²) in [6.45, 7) is 4.85. The molecule has 4 unspecified atom stereocenters. The number of halogens is 1. The Hall–Kier alpha value is -3.33. The van der Waals surface area contributed by atoms with Crippen LogP contribution in [0.3, 0.4) is 0 Å². The van der Waals surface area contributed by atoms with Crippen molar-refractivity contribution in [3.63, 3.8) is 0 Å². The molecule has 4 atom stereocenters. The number of nitrogens with one attached hydrogen (secondary N) is 2. The molecule has 9 heteroatoms. The van der Waals surface area contributed by atoms with Gasteiger partial charge in [-0.25, -0.2) is 5.43 Å². The maximum absolute atomic E-state index is 13.0. The van der Waals surface area contributed by atoms with E-state index in [1.165, 1.54) is 6.08 Å². The molecule has 2 amide bonds. The summed E-state index contributed by atoms with van der Waals surface area (Å²) in [5.41, 5.74) is 14.0. The number of ether oxygens (including phenoxy) is 1. The Bertz CT molecular complexity index is 1150. The Labute approximate surface area is 209 Å². The zero-order valence-electron chi connectivity index (χ0n) is 19.2. The van der Waals surface area contributed by atoms with E-state index in [-0.39, 0.29) is 23.8 Å². The molecule has 4 N–H and O–H groups in total. The number of amides is 2. The van der Waals surface area contributed by atoms with E-state index in [1.807, 2.05) is 42.6 Å². The van der Waals surface area contributed by atoms with Gasteiger partial charge in [0.1, 0.15) is 17.5 Å². The maximum atomic E-state index is 13.0. The highest BCUT2D eigenvalue weighted by atomic mass is 35.5. The minimum atomic E-state index is -0.451. The Morgan fingerprint density at radius 2 is 1.83 bits per heavy atom. The molecular formula is C26H28ClN5O3. The first kappa shape index (κ1) is 23.4. The number of hydrazine groups is 1. The van der Waals surface area contributed by atoms with Crippen LogP contribution in [-0.2, 0) is 9.59 Å². The molecular weight excluding hydrogens is 466 g/mol. The molecule has 0 bridgehead atoms. The summed E-state index contributed by atoms with van der Waals surface area (Å²) in [5, 5.41) is 0.649. The van der Waals surface area contributed by atoms with Crippen LogP contribution < -0.4 is 21.3 Å². The van der Waals surface area contributed by atoms with Gasteiger partial charge < -0.3 is 20.3 Å². The van der Waals surface area contributed by atoms with E-state index in [9.17, 15) is 9.59 Å². The molecule has 2 aromatic rings. The number of nitrogens with two attached hydrogens (primary N) is 1. The van der Waals surface area contributed by atoms with Crippen molar-refractivity contribution in [3.05, 3.63) is 78.0 Å². The van der Waals surface area contributed by atoms with Gasteiger partial charge >= 0.3 is 0 Å². The van der Waals surface area contributed by atoms with Crippen LogP contribution in [0.4, 0.5) is 0 Å². The molecule has 2 fully saturated rings. The molecule has 3 aliphatic heterocycles. The zero-order chi connectivity index (χ0) is 24.5. The molecule has 0 spiro atoms. The monoisotopic (exact) mass is 493 g/mol. The number of carbonyl (C=O) groups is 2. The van der Waals surface area contributed by atoms with Crippen LogP contribution >= 0.6 is 11.6 Å². The molecule has 8 nitrogen and oxygen atoms in total. The van der Waals surface area contributed by atoms with Gasteiger partial charge in [0.2, 0.25) is 5.91 Å². The molecule has 2 aromatic carbocycles. The number of hydrogen-bond donors (Lipinski definition) is 3. The van der Waals surface area contributed by atoms with Crippen molar-refractivity contribution in [1.29, 1.82) is 0 Å². The first-order valence-corrected chi connectivity index (χ1v) is 12.1. The Morgan fingerprint density at radius 1 is 1.14 bits per heavy atom. The standard InChI is InChI=1S/C26H28ClN5O3/c1-2-22(33)31-13-3-4-18(14-31)32-15-21(23-24(32)26(34)30-29-25(23)28)16-5-9-19(10-6-16)35-20-11-7-17(27)8-12-20/h2,5-12,15,18,23-25,29H,1,3-4,13-14,28H2,(H,30,34). The third kappa shape index (κ3) is 4.65. The summed E-state index contributed by atoms with van der Waals surface area (Å²) in [7, 11) is 0. The molecule has 5 rings (SSSR count). The minimum Gasteiger partial charge on any atom is -0.457 e. The van der Waals surface area contributed by atoms with E-state index in [0.717, 1.165) is 24.0 Å². The molecule has 35 heavy (non-hydrogen) atoms. The van der Waals surface area contributed by atoms with Gasteiger partial charge in [-0.3, -0.25) is 15.0 Å². The van der Waals surface area contributed by atoms with Gasteiger partial charge in [0.25, 0.3) is 5.91 Å². The van der Waals surface area contributed by atoms with E-state index in [4.69, 9.17) is 22.1 Å². The average Bonchev–Trinajstić information content (AvgIpc) is 3.30. The molecule has 0 radical (unpaired) electrons. The highest BCUT2D eigenvalue weighted by Crippen LogP contribution is 2.41. The lowest BCUT2D eigenvalue weighted by atomic mass is 9.86. The number of carbonyl (C=O) groups excluding carboxylic acids is 2. The summed E-state index contributed by atoms with van der Waals surface area (Å²) in [5.74, 6) is 0.935. The number of nitrogens with zero attached hydrogens (tertiary/aromatic N) is 2. The minimum absolute atomic E-state index is 0.0150. The average molecular weight is 494 g/mol. The van der Waals surface area contributed by atoms with Crippen LogP contribution in [0.2, 0.25) is 5.02 Å². The molecule has 182 valence electrons. The van der Waals surface area contributed by atoms with E-state index >= 15 is 0 Å². The predicted octanol–water partition coefficient (Wildman–Crippen LogP) is 2.87. The molecule has 0 saturated carbocycles. The first-order chi connectivity index (χ1) is 16.9. The zero-order valence-corrected chi connectivity index (χ0v) is 19.9. The van der Waals surface area contributed by atoms with E-state index in [0.29, 0.717) is 29.6 Å². The highest BCUT2D eigenvalue weighted by molar-refractivity contribution is 6.30. The Balaban J connectivity index is 1.41. The number of benzene rings is 2. The van der Waals surface area contributed by atoms with Crippen LogP contribution in [0.1, 0.15) is 18.4 Å². The van der Waals surface area contributed by atoms with Gasteiger partial charge in [0, 0.05) is 36.3 Å². The van der Waals surface area contributed by atoms with Crippen molar-refractivity contribution in [2.45, 2.75) is 31.1 Å². The fraction of sp³-hybridized carbons (Fsp3) is 0.308. The molecule has 2 saturated heterocycles. The second kappa shape index (κ2) is 9.73. The second-order valence-corrected chi connectivity index (χ2v) is 9.46. The molecule has 0 aromatic heterocycles. The fourth-order valence-electron chi connectivity index (χ4n) is 5.17. The van der Waals surface area contributed by atoms with Gasteiger partial charge in [0.05, 0.1) is 6.17 Å². The van der Waals surface area contributed by atoms with Gasteiger partial charge in [-0.15, -0.1) is 0 Å². The molecule has 3 heterocycles. The van der Waals surface area contributed by atoms with Gasteiger partial charge in [-0.2, -0.15) is 0 Å². The number of piperidine rings is 1. The quantitative estimate of drug-likeness (QED) is 0.554. The van der Waals surface area contributed by atoms with Crippen molar-refractivity contribution >= 4 is 29.0 Å². The van der Waals surface area contributed by atoms with Crippen molar-refractivity contribution < 1.29 is 14.3 Å². The van der Waals surface area contributed by atoms with Crippen LogP contribution in [0.15, 0.2) is 67.4 Å². The summed E-state index contributed by atoms with van der Waals surface area (Å²) in [4.78, 5) is 29.1. The predicted molar refractivity (Wildman–Crippen MR) is 134 cm³/mol. The smallest absolute Gasteiger partial charge is 0.257 e. The topological polar surface area (TPSA) is 99.9 Å². The normalized spacial score (nSPS) is 26.0. The second-order valence-electron chi connectivity index (χ2n) is 9.03. The lowest BCUT2D eigenvalue weighted by molar-refractivity contribution is -0.132. The van der Waals surface area contributed by atoms with Crippen LogP contribution in [0.5, 0.6) is 11.5 Å². The number of likely N-dealkylation sites (tertiary alicyclic amines) is 1. The van der Waals surface area contributed by atoms with Crippen molar-refractivity contribution in [2.24, 2.45) is 11.7 Å². The Kier molecular flexibility index (Phi) is 6.51. The summed E-state index contributed by atoms with van der Waals surface area (Å²) < 4.78 is 5.92.